The van der Waals surface area contributed by atoms with E-state index < -0.39 is 0 Å². The standard InChI is InChI=1S/C21H22N2O4/c1-2-14-5-3-4-6-17(14)22-21(25)15-11-20(24)23(13-15)16-7-8-18-19(12-16)27-10-9-26-18/h3-8,12,15H,2,9-11,13H2,1H3,(H,22,25). The first-order valence-electron chi connectivity index (χ1n) is 9.24. The molecule has 27 heavy (non-hydrogen) atoms. The molecule has 0 spiro atoms. The summed E-state index contributed by atoms with van der Waals surface area (Å²) in [6.07, 6.45) is 1.04. The Morgan fingerprint density at radius 2 is 1.93 bits per heavy atom. The third kappa shape index (κ3) is 3.47. The van der Waals surface area contributed by atoms with Gasteiger partial charge in [-0.1, -0.05) is 25.1 Å². The fraction of sp³-hybridized carbons (Fsp3) is 0.333. The number of rotatable bonds is 4. The number of ether oxygens (including phenoxy) is 2. The highest BCUT2D eigenvalue weighted by atomic mass is 16.6. The fourth-order valence-electron chi connectivity index (χ4n) is 3.52. The van der Waals surface area contributed by atoms with Crippen molar-refractivity contribution in [3.8, 4) is 11.5 Å². The number of anilines is 2. The number of carbonyl (C=O) groups is 2. The van der Waals surface area contributed by atoms with Crippen molar-refractivity contribution in [2.45, 2.75) is 19.8 Å². The van der Waals surface area contributed by atoms with E-state index in [1.807, 2.05) is 43.3 Å². The van der Waals surface area contributed by atoms with Gasteiger partial charge < -0.3 is 19.7 Å². The average molecular weight is 366 g/mol. The van der Waals surface area contributed by atoms with Crippen molar-refractivity contribution in [1.82, 2.24) is 0 Å². The molecule has 1 fully saturated rings. The molecule has 1 unspecified atom stereocenters. The van der Waals surface area contributed by atoms with E-state index in [1.54, 1.807) is 11.0 Å². The highest BCUT2D eigenvalue weighted by Crippen LogP contribution is 2.36. The predicted molar refractivity (Wildman–Crippen MR) is 102 cm³/mol. The minimum Gasteiger partial charge on any atom is -0.486 e. The van der Waals surface area contributed by atoms with Gasteiger partial charge in [0.1, 0.15) is 13.2 Å². The van der Waals surface area contributed by atoms with Crippen molar-refractivity contribution in [1.29, 1.82) is 0 Å². The van der Waals surface area contributed by atoms with Crippen LogP contribution in [0.25, 0.3) is 0 Å². The molecule has 6 nitrogen and oxygen atoms in total. The van der Waals surface area contributed by atoms with E-state index in [0.717, 1.165) is 23.4 Å². The summed E-state index contributed by atoms with van der Waals surface area (Å²) in [5.74, 6) is 0.758. The van der Waals surface area contributed by atoms with E-state index in [0.29, 0.717) is 31.3 Å². The molecule has 140 valence electrons. The van der Waals surface area contributed by atoms with E-state index in [-0.39, 0.29) is 24.2 Å². The molecule has 0 radical (unpaired) electrons. The molecule has 2 aliphatic heterocycles. The summed E-state index contributed by atoms with van der Waals surface area (Å²) in [6.45, 7) is 3.43. The number of fused-ring (bicyclic) bond motifs is 1. The molecule has 2 heterocycles. The maximum Gasteiger partial charge on any atom is 0.229 e. The van der Waals surface area contributed by atoms with Crippen molar-refractivity contribution < 1.29 is 19.1 Å². The Balaban J connectivity index is 1.48. The van der Waals surface area contributed by atoms with Crippen molar-refractivity contribution in [3.63, 3.8) is 0 Å². The van der Waals surface area contributed by atoms with E-state index >= 15 is 0 Å². The van der Waals surface area contributed by atoms with Gasteiger partial charge in [-0.25, -0.2) is 0 Å². The Labute approximate surface area is 158 Å². The minimum atomic E-state index is -0.379. The Morgan fingerprint density at radius 1 is 1.15 bits per heavy atom. The number of nitrogens with one attached hydrogen (secondary N) is 1. The zero-order valence-corrected chi connectivity index (χ0v) is 15.2. The van der Waals surface area contributed by atoms with Crippen molar-refractivity contribution >= 4 is 23.2 Å². The van der Waals surface area contributed by atoms with Crippen LogP contribution in [0.5, 0.6) is 11.5 Å². The summed E-state index contributed by atoms with van der Waals surface area (Å²) < 4.78 is 11.1. The lowest BCUT2D eigenvalue weighted by molar-refractivity contribution is -0.122. The highest BCUT2D eigenvalue weighted by molar-refractivity contribution is 6.03. The number of benzene rings is 2. The first-order valence-corrected chi connectivity index (χ1v) is 9.24. The molecular formula is C21H22N2O4. The zero-order chi connectivity index (χ0) is 18.8. The van der Waals surface area contributed by atoms with Gasteiger partial charge in [-0.15, -0.1) is 0 Å². The molecule has 0 saturated carbocycles. The average Bonchev–Trinajstić information content (AvgIpc) is 3.10. The summed E-state index contributed by atoms with van der Waals surface area (Å²) in [5.41, 5.74) is 2.63. The SMILES string of the molecule is CCc1ccccc1NC(=O)C1CC(=O)N(c2ccc3c(c2)OCCO3)C1. The van der Waals surface area contributed by atoms with Gasteiger partial charge in [0.25, 0.3) is 0 Å². The molecule has 0 aromatic heterocycles. The molecule has 1 atom stereocenters. The monoisotopic (exact) mass is 366 g/mol. The first kappa shape index (κ1) is 17.4. The lowest BCUT2D eigenvalue weighted by Crippen LogP contribution is -2.28. The van der Waals surface area contributed by atoms with Gasteiger partial charge in [0.2, 0.25) is 11.8 Å². The second-order valence-corrected chi connectivity index (χ2v) is 6.73. The van der Waals surface area contributed by atoms with Crippen LogP contribution in [0.15, 0.2) is 42.5 Å². The smallest absolute Gasteiger partial charge is 0.229 e. The van der Waals surface area contributed by atoms with Crippen LogP contribution in [0.4, 0.5) is 11.4 Å². The predicted octanol–water partition coefficient (Wildman–Crippen LogP) is 3.01. The Bertz CT molecular complexity index is 880. The van der Waals surface area contributed by atoms with Crippen LogP contribution in [0, 0.1) is 5.92 Å². The van der Waals surface area contributed by atoms with Gasteiger partial charge in [0.05, 0.1) is 5.92 Å². The first-order chi connectivity index (χ1) is 13.2. The maximum absolute atomic E-state index is 12.7. The number of amides is 2. The van der Waals surface area contributed by atoms with Crippen LogP contribution in [0.2, 0.25) is 0 Å². The molecule has 2 aliphatic rings. The van der Waals surface area contributed by atoms with Gasteiger partial charge >= 0.3 is 0 Å². The van der Waals surface area contributed by atoms with Gasteiger partial charge in [0, 0.05) is 30.4 Å². The summed E-state index contributed by atoms with van der Waals surface area (Å²) in [4.78, 5) is 26.9. The Kier molecular flexibility index (Phi) is 4.71. The van der Waals surface area contributed by atoms with Gasteiger partial charge in [-0.2, -0.15) is 0 Å². The van der Waals surface area contributed by atoms with Crippen molar-refractivity contribution in [2.24, 2.45) is 5.92 Å². The number of hydrogen-bond donors (Lipinski definition) is 1. The molecule has 0 aliphatic carbocycles. The fourth-order valence-corrected chi connectivity index (χ4v) is 3.52. The summed E-state index contributed by atoms with van der Waals surface area (Å²) >= 11 is 0. The lowest BCUT2D eigenvalue weighted by Gasteiger charge is -2.22. The number of carbonyl (C=O) groups excluding carboxylic acids is 2. The molecule has 2 aromatic carbocycles. The third-order valence-electron chi connectivity index (χ3n) is 4.99. The minimum absolute atomic E-state index is 0.0596. The normalized spacial score (nSPS) is 18.5. The van der Waals surface area contributed by atoms with Gasteiger partial charge in [-0.3, -0.25) is 9.59 Å². The highest BCUT2D eigenvalue weighted by Gasteiger charge is 2.35. The summed E-state index contributed by atoms with van der Waals surface area (Å²) in [6, 6.07) is 13.2. The summed E-state index contributed by atoms with van der Waals surface area (Å²) in [7, 11) is 0. The zero-order valence-electron chi connectivity index (χ0n) is 15.2. The molecule has 2 aromatic rings. The maximum atomic E-state index is 12.7. The van der Waals surface area contributed by atoms with Crippen molar-refractivity contribution in [2.75, 3.05) is 30.0 Å². The van der Waals surface area contributed by atoms with E-state index in [9.17, 15) is 9.59 Å². The molecular weight excluding hydrogens is 344 g/mol. The van der Waals surface area contributed by atoms with Crippen molar-refractivity contribution in [3.05, 3.63) is 48.0 Å². The van der Waals surface area contributed by atoms with Crippen LogP contribution < -0.4 is 19.7 Å². The lowest BCUT2D eigenvalue weighted by atomic mass is 10.1. The van der Waals surface area contributed by atoms with Crippen LogP contribution in [-0.2, 0) is 16.0 Å². The summed E-state index contributed by atoms with van der Waals surface area (Å²) in [5, 5.41) is 2.98. The van der Waals surface area contributed by atoms with Crippen LogP contribution >= 0.6 is 0 Å². The topological polar surface area (TPSA) is 67.9 Å². The second kappa shape index (κ2) is 7.31. The number of hydrogen-bond acceptors (Lipinski definition) is 4. The Morgan fingerprint density at radius 3 is 2.74 bits per heavy atom. The van der Waals surface area contributed by atoms with Crippen LogP contribution in [0.1, 0.15) is 18.9 Å². The number of para-hydroxylation sites is 1. The largest absolute Gasteiger partial charge is 0.486 e. The van der Waals surface area contributed by atoms with Crippen LogP contribution in [-0.4, -0.2) is 31.6 Å². The molecule has 1 saturated heterocycles. The van der Waals surface area contributed by atoms with Gasteiger partial charge in [0.15, 0.2) is 11.5 Å². The molecule has 6 heteroatoms. The van der Waals surface area contributed by atoms with Gasteiger partial charge in [-0.05, 0) is 30.2 Å². The number of aryl methyl sites for hydroxylation is 1. The quantitative estimate of drug-likeness (QED) is 0.903. The van der Waals surface area contributed by atoms with E-state index in [1.165, 1.54) is 0 Å². The van der Waals surface area contributed by atoms with E-state index in [2.05, 4.69) is 5.32 Å². The second-order valence-electron chi connectivity index (χ2n) is 6.73. The number of nitrogens with zero attached hydrogens (tertiary/aromatic N) is 1. The van der Waals surface area contributed by atoms with Crippen LogP contribution in [0.3, 0.4) is 0 Å². The molecule has 1 N–H and O–H groups in total. The third-order valence-corrected chi connectivity index (χ3v) is 4.99. The Hall–Kier alpha value is -3.02. The molecule has 2 amide bonds. The molecule has 4 rings (SSSR count). The molecule has 0 bridgehead atoms. The van der Waals surface area contributed by atoms with E-state index in [4.69, 9.17) is 9.47 Å².